The van der Waals surface area contributed by atoms with Gasteiger partial charge in [0.25, 0.3) is 17.4 Å². The number of hydrazine groups is 1. The van der Waals surface area contributed by atoms with Crippen LogP contribution in [0.5, 0.6) is 0 Å². The van der Waals surface area contributed by atoms with Crippen molar-refractivity contribution < 1.29 is 14.4 Å². The number of H-pyrrole nitrogens is 1. The van der Waals surface area contributed by atoms with Crippen LogP contribution in [-0.4, -0.2) is 33.7 Å². The standard InChI is InChI=1S/C18H13N5O4S/c24-14-8-28-13-6-5-9(7-12(13)19-14)16(25)21-23-18(27)15-10-3-1-2-4-11(10)17(26)22-20-15/h1-7H,8H2,(H,19,24)(H,21,25)(H,22,26)(H,23,27). The van der Waals surface area contributed by atoms with Gasteiger partial charge in [0.15, 0.2) is 5.69 Å². The fourth-order valence-electron chi connectivity index (χ4n) is 2.76. The quantitative estimate of drug-likeness (QED) is 0.479. The molecule has 3 amide bonds. The van der Waals surface area contributed by atoms with Crippen molar-refractivity contribution in [3.8, 4) is 0 Å². The van der Waals surface area contributed by atoms with Crippen LogP contribution in [0.25, 0.3) is 10.8 Å². The Hall–Kier alpha value is -3.66. The minimum Gasteiger partial charge on any atom is -0.324 e. The van der Waals surface area contributed by atoms with Gasteiger partial charge in [-0.15, -0.1) is 11.8 Å². The van der Waals surface area contributed by atoms with E-state index in [1.807, 2.05) is 0 Å². The maximum absolute atomic E-state index is 12.4. The number of aromatic nitrogens is 2. The largest absolute Gasteiger partial charge is 0.324 e. The van der Waals surface area contributed by atoms with Crippen LogP contribution in [-0.2, 0) is 4.79 Å². The number of benzene rings is 2. The number of nitrogens with zero attached hydrogens (tertiary/aromatic N) is 1. The van der Waals surface area contributed by atoms with Gasteiger partial charge < -0.3 is 5.32 Å². The first-order chi connectivity index (χ1) is 13.5. The molecule has 4 rings (SSSR count). The molecule has 4 N–H and O–H groups in total. The topological polar surface area (TPSA) is 133 Å². The van der Waals surface area contributed by atoms with Crippen LogP contribution in [0, 0.1) is 0 Å². The molecular formula is C18H13N5O4S. The van der Waals surface area contributed by atoms with Crippen LogP contribution in [0.1, 0.15) is 20.8 Å². The van der Waals surface area contributed by atoms with Gasteiger partial charge >= 0.3 is 0 Å². The third kappa shape index (κ3) is 3.32. The summed E-state index contributed by atoms with van der Waals surface area (Å²) < 4.78 is 0. The highest BCUT2D eigenvalue weighted by Crippen LogP contribution is 2.31. The van der Waals surface area contributed by atoms with Gasteiger partial charge in [-0.2, -0.15) is 5.10 Å². The normalized spacial score (nSPS) is 12.8. The average molecular weight is 395 g/mol. The summed E-state index contributed by atoms with van der Waals surface area (Å²) >= 11 is 1.38. The summed E-state index contributed by atoms with van der Waals surface area (Å²) in [4.78, 5) is 48.9. The summed E-state index contributed by atoms with van der Waals surface area (Å²) in [6.45, 7) is 0. The summed E-state index contributed by atoms with van der Waals surface area (Å²) in [6.07, 6.45) is 0. The molecule has 9 nitrogen and oxygen atoms in total. The van der Waals surface area contributed by atoms with E-state index >= 15 is 0 Å². The zero-order valence-electron chi connectivity index (χ0n) is 14.2. The zero-order chi connectivity index (χ0) is 19.7. The molecule has 1 aliphatic rings. The molecule has 0 atom stereocenters. The molecule has 0 unspecified atom stereocenters. The minimum absolute atomic E-state index is 0.0235. The third-order valence-electron chi connectivity index (χ3n) is 4.08. The van der Waals surface area contributed by atoms with Crippen molar-refractivity contribution in [2.24, 2.45) is 0 Å². The predicted octanol–water partition coefficient (Wildman–Crippen LogP) is 1.04. The molecule has 3 aromatic rings. The lowest BCUT2D eigenvalue weighted by atomic mass is 10.1. The molecule has 0 radical (unpaired) electrons. The molecular weight excluding hydrogens is 382 g/mol. The Balaban J connectivity index is 1.51. The molecule has 0 saturated carbocycles. The van der Waals surface area contributed by atoms with Crippen LogP contribution in [0.3, 0.4) is 0 Å². The smallest absolute Gasteiger partial charge is 0.290 e. The van der Waals surface area contributed by atoms with Gasteiger partial charge in [0, 0.05) is 15.8 Å². The minimum atomic E-state index is -0.678. The Labute approximate surface area is 161 Å². The van der Waals surface area contributed by atoms with E-state index in [1.54, 1.807) is 36.4 Å². The van der Waals surface area contributed by atoms with E-state index in [9.17, 15) is 19.2 Å². The van der Waals surface area contributed by atoms with Gasteiger partial charge in [-0.25, -0.2) is 5.10 Å². The van der Waals surface area contributed by atoms with E-state index < -0.39 is 17.4 Å². The number of anilines is 1. The van der Waals surface area contributed by atoms with E-state index in [4.69, 9.17) is 0 Å². The van der Waals surface area contributed by atoms with E-state index in [0.717, 1.165) is 4.90 Å². The molecule has 140 valence electrons. The number of fused-ring (bicyclic) bond motifs is 2. The maximum Gasteiger partial charge on any atom is 0.290 e. The predicted molar refractivity (Wildman–Crippen MR) is 103 cm³/mol. The van der Waals surface area contributed by atoms with Crippen molar-refractivity contribution >= 4 is 45.9 Å². The highest BCUT2D eigenvalue weighted by molar-refractivity contribution is 8.00. The molecule has 1 aromatic heterocycles. The summed E-state index contributed by atoms with van der Waals surface area (Å²) in [5.74, 6) is -1.05. The Morgan fingerprint density at radius 3 is 2.57 bits per heavy atom. The van der Waals surface area contributed by atoms with Crippen LogP contribution >= 0.6 is 11.8 Å². The number of hydrogen-bond acceptors (Lipinski definition) is 6. The highest BCUT2D eigenvalue weighted by atomic mass is 32.2. The number of carbonyl (C=O) groups is 3. The van der Waals surface area contributed by atoms with Gasteiger partial charge in [-0.3, -0.25) is 30.0 Å². The average Bonchev–Trinajstić information content (AvgIpc) is 2.71. The first-order valence-corrected chi connectivity index (χ1v) is 9.16. The van der Waals surface area contributed by atoms with E-state index in [1.165, 1.54) is 17.8 Å². The molecule has 0 aliphatic carbocycles. The van der Waals surface area contributed by atoms with Crippen LogP contribution < -0.4 is 21.7 Å². The molecule has 2 aromatic carbocycles. The highest BCUT2D eigenvalue weighted by Gasteiger charge is 2.18. The van der Waals surface area contributed by atoms with Gasteiger partial charge in [-0.1, -0.05) is 18.2 Å². The monoisotopic (exact) mass is 395 g/mol. The maximum atomic E-state index is 12.4. The summed E-state index contributed by atoms with van der Waals surface area (Å²) in [6, 6.07) is 11.4. The Kier molecular flexibility index (Phi) is 4.53. The SMILES string of the molecule is O=C1CSc2ccc(C(=O)NNC(=O)c3n[nH]c(=O)c4ccccc34)cc2N1. The number of carbonyl (C=O) groups excluding carboxylic acids is 3. The number of nitrogens with one attached hydrogen (secondary N) is 4. The van der Waals surface area contributed by atoms with Crippen molar-refractivity contribution in [1.29, 1.82) is 0 Å². The number of rotatable bonds is 2. The molecule has 10 heteroatoms. The first-order valence-electron chi connectivity index (χ1n) is 8.18. The number of aromatic amines is 1. The number of amides is 3. The summed E-state index contributed by atoms with van der Waals surface area (Å²) in [5, 5.41) is 9.42. The Morgan fingerprint density at radius 1 is 1.00 bits per heavy atom. The molecule has 28 heavy (non-hydrogen) atoms. The molecule has 0 fully saturated rings. The van der Waals surface area contributed by atoms with Crippen molar-refractivity contribution in [3.05, 3.63) is 64.1 Å². The Morgan fingerprint density at radius 2 is 1.75 bits per heavy atom. The fourth-order valence-corrected chi connectivity index (χ4v) is 3.55. The Bertz CT molecular complexity index is 1190. The van der Waals surface area contributed by atoms with E-state index in [2.05, 4.69) is 26.4 Å². The van der Waals surface area contributed by atoms with Crippen LogP contribution in [0.2, 0.25) is 0 Å². The first kappa shape index (κ1) is 17.7. The second-order valence-electron chi connectivity index (χ2n) is 5.90. The van der Waals surface area contributed by atoms with Crippen LogP contribution in [0.15, 0.2) is 52.2 Å². The molecule has 2 heterocycles. The third-order valence-corrected chi connectivity index (χ3v) is 5.15. The summed E-state index contributed by atoms with van der Waals surface area (Å²) in [5.41, 5.74) is 4.97. The second-order valence-corrected chi connectivity index (χ2v) is 6.92. The van der Waals surface area contributed by atoms with E-state index in [0.29, 0.717) is 22.2 Å². The lowest BCUT2D eigenvalue weighted by Crippen LogP contribution is -2.42. The molecule has 0 spiro atoms. The molecule has 1 aliphatic heterocycles. The number of hydrogen-bond donors (Lipinski definition) is 4. The summed E-state index contributed by atoms with van der Waals surface area (Å²) in [7, 11) is 0. The van der Waals surface area contributed by atoms with E-state index in [-0.39, 0.29) is 17.2 Å². The van der Waals surface area contributed by atoms with Crippen molar-refractivity contribution in [3.63, 3.8) is 0 Å². The van der Waals surface area contributed by atoms with Gasteiger partial charge in [0.1, 0.15) is 0 Å². The van der Waals surface area contributed by atoms with Crippen LogP contribution in [0.4, 0.5) is 5.69 Å². The number of thioether (sulfide) groups is 1. The second kappa shape index (κ2) is 7.16. The lowest BCUT2D eigenvalue weighted by Gasteiger charge is -2.17. The van der Waals surface area contributed by atoms with Gasteiger partial charge in [-0.05, 0) is 24.3 Å². The van der Waals surface area contributed by atoms with Crippen molar-refractivity contribution in [2.45, 2.75) is 4.90 Å². The van der Waals surface area contributed by atoms with Crippen molar-refractivity contribution in [2.75, 3.05) is 11.1 Å². The molecule has 0 bridgehead atoms. The van der Waals surface area contributed by atoms with Gasteiger partial charge in [0.2, 0.25) is 5.91 Å². The van der Waals surface area contributed by atoms with Crippen molar-refractivity contribution in [1.82, 2.24) is 21.0 Å². The lowest BCUT2D eigenvalue weighted by molar-refractivity contribution is -0.113. The fraction of sp³-hybridized carbons (Fsp3) is 0.0556. The zero-order valence-corrected chi connectivity index (χ0v) is 15.1. The van der Waals surface area contributed by atoms with Gasteiger partial charge in [0.05, 0.1) is 16.8 Å². The molecule has 0 saturated heterocycles.